The molecule has 1 heterocycles. The third kappa shape index (κ3) is 3.17. The molecule has 1 aromatic rings. The molecule has 1 saturated heterocycles. The van der Waals surface area contributed by atoms with E-state index in [9.17, 15) is 4.79 Å². The average Bonchev–Trinajstić information content (AvgIpc) is 2.45. The maximum atomic E-state index is 12.4. The molecule has 0 aliphatic carbocycles. The molecular formula is C16H21N3O. The van der Waals surface area contributed by atoms with Gasteiger partial charge < -0.3 is 4.90 Å². The number of rotatable bonds is 2. The Labute approximate surface area is 120 Å². The summed E-state index contributed by atoms with van der Waals surface area (Å²) < 4.78 is 0. The molecule has 20 heavy (non-hydrogen) atoms. The highest BCUT2D eigenvalue weighted by Crippen LogP contribution is 2.15. The molecule has 1 fully saturated rings. The monoisotopic (exact) mass is 271 g/mol. The Balaban J connectivity index is 1.99. The van der Waals surface area contributed by atoms with Crippen LogP contribution in [-0.2, 0) is 11.2 Å². The van der Waals surface area contributed by atoms with Crippen molar-refractivity contribution in [3.05, 3.63) is 35.4 Å². The van der Waals surface area contributed by atoms with E-state index in [-0.39, 0.29) is 5.91 Å². The van der Waals surface area contributed by atoms with Gasteiger partial charge in [-0.25, -0.2) is 0 Å². The van der Waals surface area contributed by atoms with E-state index in [1.165, 1.54) is 0 Å². The standard InChI is InChI=1S/C16H21N3O/c1-12-10-19(11-13(2)18(12)3)16(20)8-14-4-6-15(9-17)7-5-14/h4-7,12-13H,8,10-11H2,1-3H3. The highest BCUT2D eigenvalue weighted by Gasteiger charge is 2.28. The molecule has 4 heteroatoms. The smallest absolute Gasteiger partial charge is 0.227 e. The zero-order chi connectivity index (χ0) is 14.7. The summed E-state index contributed by atoms with van der Waals surface area (Å²) in [4.78, 5) is 16.6. The van der Waals surface area contributed by atoms with Crippen molar-refractivity contribution in [2.75, 3.05) is 20.1 Å². The molecule has 1 aliphatic rings. The highest BCUT2D eigenvalue weighted by molar-refractivity contribution is 5.79. The van der Waals surface area contributed by atoms with Crippen molar-refractivity contribution in [3.63, 3.8) is 0 Å². The number of piperazine rings is 1. The van der Waals surface area contributed by atoms with Crippen LogP contribution in [-0.4, -0.2) is 47.9 Å². The third-order valence-corrected chi connectivity index (χ3v) is 4.15. The molecular weight excluding hydrogens is 250 g/mol. The molecule has 0 saturated carbocycles. The molecule has 0 aromatic heterocycles. The number of carbonyl (C=O) groups is 1. The third-order valence-electron chi connectivity index (χ3n) is 4.15. The maximum Gasteiger partial charge on any atom is 0.227 e. The van der Waals surface area contributed by atoms with Crippen molar-refractivity contribution in [1.29, 1.82) is 5.26 Å². The minimum absolute atomic E-state index is 0.168. The molecule has 0 radical (unpaired) electrons. The minimum atomic E-state index is 0.168. The number of amides is 1. The SMILES string of the molecule is CC1CN(C(=O)Cc2ccc(C#N)cc2)CC(C)N1C. The van der Waals surface area contributed by atoms with E-state index in [0.29, 0.717) is 24.1 Å². The quantitative estimate of drug-likeness (QED) is 0.821. The molecule has 1 aliphatic heterocycles. The lowest BCUT2D eigenvalue weighted by Crippen LogP contribution is -2.56. The molecule has 0 bridgehead atoms. The van der Waals surface area contributed by atoms with Gasteiger partial charge in [-0.3, -0.25) is 9.69 Å². The van der Waals surface area contributed by atoms with Crippen LogP contribution in [0.2, 0.25) is 0 Å². The fourth-order valence-electron chi connectivity index (χ4n) is 2.59. The number of nitrogens with zero attached hydrogens (tertiary/aromatic N) is 3. The van der Waals surface area contributed by atoms with Gasteiger partial charge in [0.1, 0.15) is 0 Å². The van der Waals surface area contributed by atoms with Crippen LogP contribution in [0.4, 0.5) is 0 Å². The topological polar surface area (TPSA) is 47.3 Å². The van der Waals surface area contributed by atoms with E-state index < -0.39 is 0 Å². The van der Waals surface area contributed by atoms with Crippen LogP contribution in [0.25, 0.3) is 0 Å². The number of hydrogen-bond donors (Lipinski definition) is 0. The molecule has 0 N–H and O–H groups in total. The second-order valence-corrected chi connectivity index (χ2v) is 5.65. The summed E-state index contributed by atoms with van der Waals surface area (Å²) in [5.74, 6) is 0.168. The fraction of sp³-hybridized carbons (Fsp3) is 0.500. The fourth-order valence-corrected chi connectivity index (χ4v) is 2.59. The first kappa shape index (κ1) is 14.5. The summed E-state index contributed by atoms with van der Waals surface area (Å²) in [5, 5.41) is 8.77. The molecule has 106 valence electrons. The predicted octanol–water partition coefficient (Wildman–Crippen LogP) is 1.65. The lowest BCUT2D eigenvalue weighted by molar-refractivity contribution is -0.134. The summed E-state index contributed by atoms with van der Waals surface area (Å²) >= 11 is 0. The largest absolute Gasteiger partial charge is 0.339 e. The van der Waals surface area contributed by atoms with Gasteiger partial charge in [0, 0.05) is 25.2 Å². The van der Waals surface area contributed by atoms with Crippen molar-refractivity contribution in [3.8, 4) is 6.07 Å². The van der Waals surface area contributed by atoms with Gasteiger partial charge in [0.2, 0.25) is 5.91 Å². The number of nitriles is 1. The lowest BCUT2D eigenvalue weighted by Gasteiger charge is -2.42. The summed E-state index contributed by atoms with van der Waals surface area (Å²) in [7, 11) is 2.11. The summed E-state index contributed by atoms with van der Waals surface area (Å²) in [5.41, 5.74) is 1.59. The Morgan fingerprint density at radius 3 is 2.30 bits per heavy atom. The van der Waals surface area contributed by atoms with Crippen molar-refractivity contribution in [2.24, 2.45) is 0 Å². The second-order valence-electron chi connectivity index (χ2n) is 5.65. The first-order valence-electron chi connectivity index (χ1n) is 7.00. The van der Waals surface area contributed by atoms with Gasteiger partial charge in [-0.15, -0.1) is 0 Å². The van der Waals surface area contributed by atoms with E-state index in [2.05, 4.69) is 31.9 Å². The van der Waals surface area contributed by atoms with Crippen LogP contribution in [0.3, 0.4) is 0 Å². The molecule has 4 nitrogen and oxygen atoms in total. The number of likely N-dealkylation sites (N-methyl/N-ethyl adjacent to an activating group) is 1. The Morgan fingerprint density at radius 2 is 1.80 bits per heavy atom. The second kappa shape index (κ2) is 6.06. The van der Waals surface area contributed by atoms with Crippen LogP contribution in [0, 0.1) is 11.3 Å². The van der Waals surface area contributed by atoms with Crippen molar-refractivity contribution >= 4 is 5.91 Å². The first-order valence-corrected chi connectivity index (χ1v) is 7.00. The lowest BCUT2D eigenvalue weighted by atomic mass is 10.1. The average molecular weight is 271 g/mol. The van der Waals surface area contributed by atoms with Gasteiger partial charge in [-0.05, 0) is 38.6 Å². The predicted molar refractivity (Wildman–Crippen MR) is 78.1 cm³/mol. The Bertz CT molecular complexity index is 506. The Hall–Kier alpha value is -1.86. The Kier molecular flexibility index (Phi) is 4.41. The normalized spacial score (nSPS) is 23.4. The number of hydrogen-bond acceptors (Lipinski definition) is 3. The van der Waals surface area contributed by atoms with Crippen molar-refractivity contribution in [2.45, 2.75) is 32.4 Å². The van der Waals surface area contributed by atoms with Gasteiger partial charge in [0.15, 0.2) is 0 Å². The summed E-state index contributed by atoms with van der Waals surface area (Å²) in [6, 6.07) is 10.1. The molecule has 2 unspecified atom stereocenters. The molecule has 1 aromatic carbocycles. The highest BCUT2D eigenvalue weighted by atomic mass is 16.2. The zero-order valence-corrected chi connectivity index (χ0v) is 12.3. The van der Waals surface area contributed by atoms with Gasteiger partial charge in [0.25, 0.3) is 0 Å². The van der Waals surface area contributed by atoms with Gasteiger partial charge in [-0.2, -0.15) is 5.26 Å². The van der Waals surface area contributed by atoms with Crippen molar-refractivity contribution < 1.29 is 4.79 Å². The first-order chi connectivity index (χ1) is 9.51. The molecule has 1 amide bonds. The number of benzene rings is 1. The zero-order valence-electron chi connectivity index (χ0n) is 12.3. The van der Waals surface area contributed by atoms with E-state index >= 15 is 0 Å². The molecule has 2 rings (SSSR count). The van der Waals surface area contributed by atoms with E-state index in [0.717, 1.165) is 18.7 Å². The van der Waals surface area contributed by atoms with Crippen LogP contribution >= 0.6 is 0 Å². The summed E-state index contributed by atoms with van der Waals surface area (Å²) in [6.07, 6.45) is 0.412. The minimum Gasteiger partial charge on any atom is -0.339 e. The van der Waals surface area contributed by atoms with Crippen LogP contribution < -0.4 is 0 Å². The van der Waals surface area contributed by atoms with Crippen LogP contribution in [0.15, 0.2) is 24.3 Å². The van der Waals surface area contributed by atoms with E-state index in [1.54, 1.807) is 12.1 Å². The van der Waals surface area contributed by atoms with Crippen molar-refractivity contribution in [1.82, 2.24) is 9.80 Å². The molecule has 0 spiro atoms. The Morgan fingerprint density at radius 1 is 1.25 bits per heavy atom. The molecule has 2 atom stereocenters. The van der Waals surface area contributed by atoms with E-state index in [4.69, 9.17) is 5.26 Å². The van der Waals surface area contributed by atoms with Gasteiger partial charge in [-0.1, -0.05) is 12.1 Å². The maximum absolute atomic E-state index is 12.4. The van der Waals surface area contributed by atoms with E-state index in [1.807, 2.05) is 17.0 Å². The van der Waals surface area contributed by atoms with Crippen LogP contribution in [0.5, 0.6) is 0 Å². The van der Waals surface area contributed by atoms with Gasteiger partial charge in [0.05, 0.1) is 18.1 Å². The van der Waals surface area contributed by atoms with Crippen LogP contribution in [0.1, 0.15) is 25.0 Å². The van der Waals surface area contributed by atoms with Gasteiger partial charge >= 0.3 is 0 Å². The number of carbonyl (C=O) groups excluding carboxylic acids is 1. The summed E-state index contributed by atoms with van der Waals surface area (Å²) in [6.45, 7) is 5.88.